The second kappa shape index (κ2) is 2.80. The molecule has 0 fully saturated rings. The molecule has 1 N–H and O–H groups in total. The molecule has 0 atom stereocenters. The fraction of sp³-hybridized carbons (Fsp3) is 0.222. The van der Waals surface area contributed by atoms with E-state index in [0.29, 0.717) is 17.1 Å². The zero-order chi connectivity index (χ0) is 10.3. The SMILES string of the molecule is Cc1cc2nc(C)oc2c(C(=O)O)n1. The number of oxazole rings is 1. The number of aromatic carboxylic acids is 1. The molecule has 0 bridgehead atoms. The Labute approximate surface area is 79.4 Å². The lowest BCUT2D eigenvalue weighted by Gasteiger charge is -1.95. The largest absolute Gasteiger partial charge is 0.476 e. The number of carbonyl (C=O) groups is 1. The van der Waals surface area contributed by atoms with Crippen molar-refractivity contribution in [1.82, 2.24) is 9.97 Å². The molecule has 14 heavy (non-hydrogen) atoms. The molecule has 0 radical (unpaired) electrons. The van der Waals surface area contributed by atoms with Gasteiger partial charge in [-0.3, -0.25) is 0 Å². The molecule has 0 unspecified atom stereocenters. The number of nitrogens with zero attached hydrogens (tertiary/aromatic N) is 2. The van der Waals surface area contributed by atoms with Crippen LogP contribution in [0, 0.1) is 13.8 Å². The molecule has 2 aromatic rings. The van der Waals surface area contributed by atoms with Gasteiger partial charge in [-0.2, -0.15) is 0 Å². The van der Waals surface area contributed by atoms with E-state index in [9.17, 15) is 4.79 Å². The van der Waals surface area contributed by atoms with Gasteiger partial charge in [-0.1, -0.05) is 0 Å². The van der Waals surface area contributed by atoms with Crippen molar-refractivity contribution in [3.05, 3.63) is 23.3 Å². The number of carboxylic acid groups (broad SMARTS) is 1. The van der Waals surface area contributed by atoms with Crippen molar-refractivity contribution in [3.8, 4) is 0 Å². The molecule has 0 aliphatic rings. The van der Waals surface area contributed by atoms with E-state index < -0.39 is 5.97 Å². The highest BCUT2D eigenvalue weighted by atomic mass is 16.4. The van der Waals surface area contributed by atoms with E-state index in [1.165, 1.54) is 0 Å². The highest BCUT2D eigenvalue weighted by Crippen LogP contribution is 2.19. The Morgan fingerprint density at radius 2 is 2.14 bits per heavy atom. The lowest BCUT2D eigenvalue weighted by atomic mass is 10.3. The van der Waals surface area contributed by atoms with E-state index in [1.807, 2.05) is 0 Å². The van der Waals surface area contributed by atoms with Crippen LogP contribution in [0.3, 0.4) is 0 Å². The number of fused-ring (bicyclic) bond motifs is 1. The third kappa shape index (κ3) is 1.22. The van der Waals surface area contributed by atoms with E-state index in [-0.39, 0.29) is 11.3 Å². The predicted octanol–water partition coefficient (Wildman–Crippen LogP) is 1.54. The summed E-state index contributed by atoms with van der Waals surface area (Å²) in [5.41, 5.74) is 1.30. The van der Waals surface area contributed by atoms with E-state index in [1.54, 1.807) is 19.9 Å². The quantitative estimate of drug-likeness (QED) is 0.741. The first-order valence-corrected chi connectivity index (χ1v) is 4.06. The first kappa shape index (κ1) is 8.68. The molecule has 0 saturated heterocycles. The molecule has 0 saturated carbocycles. The number of carboxylic acids is 1. The Hall–Kier alpha value is -1.91. The lowest BCUT2D eigenvalue weighted by molar-refractivity contribution is 0.0691. The Bertz CT molecular complexity index is 516. The maximum Gasteiger partial charge on any atom is 0.358 e. The maximum atomic E-state index is 10.8. The van der Waals surface area contributed by atoms with Crippen LogP contribution in [0.2, 0.25) is 0 Å². The zero-order valence-electron chi connectivity index (χ0n) is 7.74. The van der Waals surface area contributed by atoms with Crippen LogP contribution in [0.1, 0.15) is 22.1 Å². The molecule has 0 aromatic carbocycles. The normalized spacial score (nSPS) is 10.7. The number of hydrogen-bond donors (Lipinski definition) is 1. The summed E-state index contributed by atoms with van der Waals surface area (Å²) < 4.78 is 5.16. The van der Waals surface area contributed by atoms with Crippen LogP contribution < -0.4 is 0 Å². The molecular weight excluding hydrogens is 184 g/mol. The van der Waals surface area contributed by atoms with Crippen LogP contribution in [0.4, 0.5) is 0 Å². The summed E-state index contributed by atoms with van der Waals surface area (Å²) in [7, 11) is 0. The van der Waals surface area contributed by atoms with Crippen molar-refractivity contribution in [2.24, 2.45) is 0 Å². The van der Waals surface area contributed by atoms with Crippen LogP contribution in [-0.4, -0.2) is 21.0 Å². The van der Waals surface area contributed by atoms with Crippen LogP contribution >= 0.6 is 0 Å². The van der Waals surface area contributed by atoms with Gasteiger partial charge in [0.1, 0.15) is 5.52 Å². The molecule has 0 aliphatic carbocycles. The summed E-state index contributed by atoms with van der Waals surface area (Å²) in [4.78, 5) is 18.8. The molecule has 2 heterocycles. The third-order valence-electron chi connectivity index (χ3n) is 1.81. The predicted molar refractivity (Wildman–Crippen MR) is 48.2 cm³/mol. The Kier molecular flexibility index (Phi) is 1.73. The highest BCUT2D eigenvalue weighted by Gasteiger charge is 2.16. The van der Waals surface area contributed by atoms with Crippen molar-refractivity contribution in [1.29, 1.82) is 0 Å². The number of rotatable bonds is 1. The topological polar surface area (TPSA) is 76.2 Å². The van der Waals surface area contributed by atoms with Crippen molar-refractivity contribution < 1.29 is 14.3 Å². The molecule has 5 nitrogen and oxygen atoms in total. The van der Waals surface area contributed by atoms with Crippen molar-refractivity contribution in [3.63, 3.8) is 0 Å². The number of pyridine rings is 1. The summed E-state index contributed by atoms with van der Waals surface area (Å²) in [5.74, 6) is -0.662. The van der Waals surface area contributed by atoms with E-state index in [2.05, 4.69) is 9.97 Å². The second-order valence-electron chi connectivity index (χ2n) is 3.00. The van der Waals surface area contributed by atoms with E-state index in [4.69, 9.17) is 9.52 Å². The standard InChI is InChI=1S/C9H8N2O3/c1-4-3-6-8(14-5(2)11-6)7(10-4)9(12)13/h3H,1-2H3,(H,12,13). The molecular formula is C9H8N2O3. The van der Waals surface area contributed by atoms with Crippen molar-refractivity contribution >= 4 is 17.1 Å². The van der Waals surface area contributed by atoms with E-state index >= 15 is 0 Å². The Balaban J connectivity index is 2.85. The highest BCUT2D eigenvalue weighted by molar-refractivity contribution is 5.97. The molecule has 2 rings (SSSR count). The molecule has 0 aliphatic heterocycles. The summed E-state index contributed by atoms with van der Waals surface area (Å²) in [6.07, 6.45) is 0. The van der Waals surface area contributed by atoms with Gasteiger partial charge in [0.2, 0.25) is 0 Å². The Morgan fingerprint density at radius 3 is 2.79 bits per heavy atom. The summed E-state index contributed by atoms with van der Waals surface area (Å²) in [5, 5.41) is 8.87. The van der Waals surface area contributed by atoms with Crippen molar-refractivity contribution in [2.45, 2.75) is 13.8 Å². The summed E-state index contributed by atoms with van der Waals surface area (Å²) >= 11 is 0. The van der Waals surface area contributed by atoms with Gasteiger partial charge >= 0.3 is 5.97 Å². The van der Waals surface area contributed by atoms with Crippen LogP contribution in [0.5, 0.6) is 0 Å². The van der Waals surface area contributed by atoms with Crippen LogP contribution in [0.15, 0.2) is 10.5 Å². The van der Waals surface area contributed by atoms with Crippen molar-refractivity contribution in [2.75, 3.05) is 0 Å². The average molecular weight is 192 g/mol. The number of aryl methyl sites for hydroxylation is 2. The fourth-order valence-electron chi connectivity index (χ4n) is 1.31. The van der Waals surface area contributed by atoms with Gasteiger partial charge in [0.15, 0.2) is 17.2 Å². The molecule has 0 spiro atoms. The van der Waals surface area contributed by atoms with Crippen LogP contribution in [0.25, 0.3) is 11.1 Å². The van der Waals surface area contributed by atoms with Gasteiger partial charge < -0.3 is 9.52 Å². The van der Waals surface area contributed by atoms with Gasteiger partial charge in [0.05, 0.1) is 0 Å². The average Bonchev–Trinajstić information content (AvgIpc) is 2.42. The monoisotopic (exact) mass is 192 g/mol. The molecule has 2 aromatic heterocycles. The zero-order valence-corrected chi connectivity index (χ0v) is 7.74. The second-order valence-corrected chi connectivity index (χ2v) is 3.00. The lowest BCUT2D eigenvalue weighted by Crippen LogP contribution is -2.01. The van der Waals surface area contributed by atoms with Gasteiger partial charge in [-0.15, -0.1) is 0 Å². The van der Waals surface area contributed by atoms with Gasteiger partial charge in [0.25, 0.3) is 0 Å². The smallest absolute Gasteiger partial charge is 0.358 e. The first-order valence-electron chi connectivity index (χ1n) is 4.06. The summed E-state index contributed by atoms with van der Waals surface area (Å²) in [6.45, 7) is 3.39. The molecule has 5 heteroatoms. The minimum absolute atomic E-state index is 0.0828. The van der Waals surface area contributed by atoms with Gasteiger partial charge in [-0.25, -0.2) is 14.8 Å². The maximum absolute atomic E-state index is 10.8. The Morgan fingerprint density at radius 1 is 1.43 bits per heavy atom. The minimum atomic E-state index is -1.10. The molecule has 72 valence electrons. The third-order valence-corrected chi connectivity index (χ3v) is 1.81. The summed E-state index contributed by atoms with van der Waals surface area (Å²) in [6, 6.07) is 1.69. The number of hydrogen-bond acceptors (Lipinski definition) is 4. The van der Waals surface area contributed by atoms with E-state index in [0.717, 1.165) is 0 Å². The minimum Gasteiger partial charge on any atom is -0.476 e. The van der Waals surface area contributed by atoms with Crippen LogP contribution in [-0.2, 0) is 0 Å². The van der Waals surface area contributed by atoms with Gasteiger partial charge in [0, 0.05) is 12.6 Å². The van der Waals surface area contributed by atoms with Gasteiger partial charge in [-0.05, 0) is 13.0 Å². The molecule has 0 amide bonds. The first-order chi connectivity index (χ1) is 6.58. The fourth-order valence-corrected chi connectivity index (χ4v) is 1.31. The number of aromatic nitrogens is 2.